The Morgan fingerprint density at radius 2 is 1.00 bits per heavy atom. The number of nitrogens with zero attached hydrogens (tertiary/aromatic N) is 1. The average molecular weight is 654 g/mol. The fourth-order valence-electron chi connectivity index (χ4n) is 9.24. The van der Waals surface area contributed by atoms with Crippen molar-refractivity contribution in [1.82, 2.24) is 0 Å². The van der Waals surface area contributed by atoms with Crippen molar-refractivity contribution in [2.24, 2.45) is 0 Å². The van der Waals surface area contributed by atoms with Crippen LogP contribution in [0.15, 0.2) is 164 Å². The van der Waals surface area contributed by atoms with Gasteiger partial charge in [-0.3, -0.25) is 0 Å². The molecule has 0 amide bonds. The molecular weight excluding hydrogens is 615 g/mol. The molecule has 0 aliphatic heterocycles. The van der Waals surface area contributed by atoms with Crippen molar-refractivity contribution in [3.05, 3.63) is 186 Å². The summed E-state index contributed by atoms with van der Waals surface area (Å²) in [6.45, 7) is 9.48. The second-order valence-corrected chi connectivity index (χ2v) is 15.3. The second kappa shape index (κ2) is 10.8. The molecule has 0 heterocycles. The van der Waals surface area contributed by atoms with Gasteiger partial charge >= 0.3 is 0 Å². The number of fused-ring (bicyclic) bond motifs is 9. The molecule has 1 heteroatoms. The lowest BCUT2D eigenvalue weighted by atomic mass is 9.81. The standard InChI is InChI=1S/C50H39N/c1-49(2)43-21-13-12-19-39(43)40-26-24-35(31-46(40)49)51(34-15-6-5-7-16-34)47-29-27-36(38-18-10-11-20-41(38)47)33-22-25-42-45(30-33)50(3,4)44-28-23-32-14-8-9-17-37(32)48(42)44/h5-31H,1-4H3. The minimum Gasteiger partial charge on any atom is -0.310 e. The Balaban J connectivity index is 1.14. The van der Waals surface area contributed by atoms with Crippen LogP contribution in [0.4, 0.5) is 17.1 Å². The minimum atomic E-state index is -0.0917. The van der Waals surface area contributed by atoms with E-state index >= 15 is 0 Å². The van der Waals surface area contributed by atoms with Gasteiger partial charge in [0, 0.05) is 27.6 Å². The molecule has 51 heavy (non-hydrogen) atoms. The summed E-state index contributed by atoms with van der Waals surface area (Å²) in [5, 5.41) is 5.12. The first kappa shape index (κ1) is 29.9. The van der Waals surface area contributed by atoms with E-state index in [1.54, 1.807) is 0 Å². The monoisotopic (exact) mass is 653 g/mol. The molecule has 244 valence electrons. The first-order valence-electron chi connectivity index (χ1n) is 18.1. The van der Waals surface area contributed by atoms with Crippen LogP contribution in [0.3, 0.4) is 0 Å². The van der Waals surface area contributed by atoms with E-state index in [4.69, 9.17) is 0 Å². The van der Waals surface area contributed by atoms with E-state index in [9.17, 15) is 0 Å². The van der Waals surface area contributed by atoms with Crippen LogP contribution >= 0.6 is 0 Å². The Labute approximate surface area is 300 Å². The molecule has 2 aliphatic carbocycles. The minimum absolute atomic E-state index is 0.0798. The van der Waals surface area contributed by atoms with Gasteiger partial charge in [0.25, 0.3) is 0 Å². The van der Waals surface area contributed by atoms with Crippen molar-refractivity contribution in [2.75, 3.05) is 4.90 Å². The summed E-state index contributed by atoms with van der Waals surface area (Å²) in [5.41, 5.74) is 16.8. The number of anilines is 3. The molecule has 1 nitrogen and oxygen atoms in total. The van der Waals surface area contributed by atoms with Gasteiger partial charge in [0.2, 0.25) is 0 Å². The van der Waals surface area contributed by atoms with Gasteiger partial charge in [-0.1, -0.05) is 155 Å². The van der Waals surface area contributed by atoms with Crippen molar-refractivity contribution in [3.8, 4) is 33.4 Å². The van der Waals surface area contributed by atoms with Gasteiger partial charge in [0.15, 0.2) is 0 Å². The van der Waals surface area contributed by atoms with Gasteiger partial charge in [0.05, 0.1) is 5.69 Å². The molecular formula is C50H39N. The SMILES string of the molecule is CC1(C)c2ccccc2-c2ccc(N(c3ccccc3)c3ccc(-c4ccc5c(c4)C(C)(C)c4ccc6ccccc6c4-5)c4ccccc34)cc21. The van der Waals surface area contributed by atoms with Crippen molar-refractivity contribution >= 4 is 38.6 Å². The molecule has 10 rings (SSSR count). The molecule has 0 spiro atoms. The quantitative estimate of drug-likeness (QED) is 0.183. The number of hydrogen-bond donors (Lipinski definition) is 0. The van der Waals surface area contributed by atoms with Crippen molar-refractivity contribution in [2.45, 2.75) is 38.5 Å². The Hall–Kier alpha value is -5.92. The molecule has 8 aromatic carbocycles. The number of benzene rings is 8. The van der Waals surface area contributed by atoms with Crippen LogP contribution in [0.2, 0.25) is 0 Å². The molecule has 0 unspecified atom stereocenters. The van der Waals surface area contributed by atoms with Crippen LogP contribution in [-0.4, -0.2) is 0 Å². The predicted octanol–water partition coefficient (Wildman–Crippen LogP) is 13.7. The van der Waals surface area contributed by atoms with Crippen molar-refractivity contribution in [3.63, 3.8) is 0 Å². The van der Waals surface area contributed by atoms with Crippen LogP contribution in [0.5, 0.6) is 0 Å². The first-order valence-corrected chi connectivity index (χ1v) is 18.1. The van der Waals surface area contributed by atoms with Gasteiger partial charge in [-0.05, 0) is 108 Å². The molecule has 0 saturated heterocycles. The van der Waals surface area contributed by atoms with Gasteiger partial charge in [0.1, 0.15) is 0 Å². The highest BCUT2D eigenvalue weighted by molar-refractivity contribution is 6.08. The summed E-state index contributed by atoms with van der Waals surface area (Å²) in [5.74, 6) is 0. The Bertz CT molecular complexity index is 2690. The smallest absolute Gasteiger partial charge is 0.0540 e. The summed E-state index contributed by atoms with van der Waals surface area (Å²) >= 11 is 0. The fraction of sp³-hybridized carbons (Fsp3) is 0.120. The largest absolute Gasteiger partial charge is 0.310 e. The third kappa shape index (κ3) is 4.28. The van der Waals surface area contributed by atoms with Crippen LogP contribution in [0.1, 0.15) is 49.9 Å². The lowest BCUT2D eigenvalue weighted by molar-refractivity contribution is 0.660. The van der Waals surface area contributed by atoms with E-state index in [1.165, 1.54) is 88.6 Å². The molecule has 0 atom stereocenters. The Morgan fingerprint density at radius 3 is 1.84 bits per heavy atom. The molecule has 0 saturated carbocycles. The van der Waals surface area contributed by atoms with E-state index in [0.29, 0.717) is 0 Å². The summed E-state index contributed by atoms with van der Waals surface area (Å²) in [6, 6.07) is 61.0. The van der Waals surface area contributed by atoms with Crippen molar-refractivity contribution in [1.29, 1.82) is 0 Å². The van der Waals surface area contributed by atoms with Crippen LogP contribution in [0, 0.1) is 0 Å². The average Bonchev–Trinajstić information content (AvgIpc) is 3.54. The maximum Gasteiger partial charge on any atom is 0.0540 e. The summed E-state index contributed by atoms with van der Waals surface area (Å²) in [7, 11) is 0. The maximum absolute atomic E-state index is 2.46. The summed E-state index contributed by atoms with van der Waals surface area (Å²) in [4.78, 5) is 2.44. The Morgan fingerprint density at radius 1 is 0.373 bits per heavy atom. The topological polar surface area (TPSA) is 3.24 Å². The Kier molecular flexibility index (Phi) is 6.34. The van der Waals surface area contributed by atoms with E-state index in [0.717, 1.165) is 5.69 Å². The molecule has 2 aliphatic rings. The van der Waals surface area contributed by atoms with E-state index in [-0.39, 0.29) is 10.8 Å². The second-order valence-electron chi connectivity index (χ2n) is 15.3. The van der Waals surface area contributed by atoms with E-state index in [1.807, 2.05) is 0 Å². The predicted molar refractivity (Wildman–Crippen MR) is 217 cm³/mol. The first-order chi connectivity index (χ1) is 24.8. The zero-order chi connectivity index (χ0) is 34.5. The summed E-state index contributed by atoms with van der Waals surface area (Å²) < 4.78 is 0. The van der Waals surface area contributed by atoms with Crippen LogP contribution < -0.4 is 4.90 Å². The van der Waals surface area contributed by atoms with Gasteiger partial charge in [-0.2, -0.15) is 0 Å². The highest BCUT2D eigenvalue weighted by atomic mass is 15.1. The zero-order valence-electron chi connectivity index (χ0n) is 29.5. The lowest BCUT2D eigenvalue weighted by Gasteiger charge is -2.29. The number of para-hydroxylation sites is 1. The zero-order valence-corrected chi connectivity index (χ0v) is 29.5. The lowest BCUT2D eigenvalue weighted by Crippen LogP contribution is -2.16. The molecule has 8 aromatic rings. The summed E-state index contributed by atoms with van der Waals surface area (Å²) in [6.07, 6.45) is 0. The van der Waals surface area contributed by atoms with Crippen LogP contribution in [-0.2, 0) is 10.8 Å². The van der Waals surface area contributed by atoms with Gasteiger partial charge < -0.3 is 4.90 Å². The van der Waals surface area contributed by atoms with E-state index < -0.39 is 0 Å². The van der Waals surface area contributed by atoms with Gasteiger partial charge in [-0.25, -0.2) is 0 Å². The highest BCUT2D eigenvalue weighted by Gasteiger charge is 2.37. The van der Waals surface area contributed by atoms with E-state index in [2.05, 4.69) is 196 Å². The number of hydrogen-bond acceptors (Lipinski definition) is 1. The van der Waals surface area contributed by atoms with Gasteiger partial charge in [-0.15, -0.1) is 0 Å². The van der Waals surface area contributed by atoms with Crippen molar-refractivity contribution < 1.29 is 0 Å². The third-order valence-electron chi connectivity index (χ3n) is 11.9. The molecule has 0 aromatic heterocycles. The maximum atomic E-state index is 2.46. The fourth-order valence-corrected chi connectivity index (χ4v) is 9.24. The normalized spacial score (nSPS) is 14.6. The third-order valence-corrected chi connectivity index (χ3v) is 11.9. The molecule has 0 radical (unpaired) electrons. The van der Waals surface area contributed by atoms with Crippen LogP contribution in [0.25, 0.3) is 54.9 Å². The molecule has 0 fully saturated rings. The molecule has 0 bridgehead atoms. The highest BCUT2D eigenvalue weighted by Crippen LogP contribution is 2.54. The molecule has 0 N–H and O–H groups in total. The number of rotatable bonds is 4.